The highest BCUT2D eigenvalue weighted by molar-refractivity contribution is 7.99. The van der Waals surface area contributed by atoms with Crippen molar-refractivity contribution in [3.05, 3.63) is 0 Å². The zero-order valence-corrected chi connectivity index (χ0v) is 10.5. The molecule has 1 atom stereocenters. The maximum Gasteiger partial charge on any atom is 0.0604 e. The lowest BCUT2D eigenvalue weighted by atomic mass is 9.89. The first-order valence-electron chi connectivity index (χ1n) is 6.35. The highest BCUT2D eigenvalue weighted by Gasteiger charge is 2.29. The molecule has 0 aromatic heterocycles. The number of hydrogen-bond donors (Lipinski definition) is 1. The molecule has 1 aliphatic carbocycles. The minimum Gasteiger partial charge on any atom is -0.378 e. The number of rotatable bonds is 5. The summed E-state index contributed by atoms with van der Waals surface area (Å²) in [6.07, 6.45) is 7.28. The Kier molecular flexibility index (Phi) is 4.79. The van der Waals surface area contributed by atoms with E-state index in [4.69, 9.17) is 4.74 Å². The monoisotopic (exact) mass is 229 g/mol. The number of nitrogens with one attached hydrogen (secondary N) is 1. The molecule has 2 nitrogen and oxygen atoms in total. The van der Waals surface area contributed by atoms with Crippen LogP contribution in [0.4, 0.5) is 0 Å². The van der Waals surface area contributed by atoms with Crippen LogP contribution in [0, 0.1) is 0 Å². The Hall–Kier alpha value is 0.270. The topological polar surface area (TPSA) is 21.3 Å². The molecule has 1 unspecified atom stereocenters. The standard InChI is InChI=1S/C12H23NOS/c1-2-14-11-7-10(8-11)13-9-12-5-3-4-6-15-12/h10-13H,2-9H2,1H3. The fraction of sp³-hybridized carbons (Fsp3) is 1.00. The van der Waals surface area contributed by atoms with Crippen molar-refractivity contribution in [1.29, 1.82) is 0 Å². The molecule has 0 aromatic rings. The molecule has 1 aliphatic heterocycles. The first kappa shape index (κ1) is 11.7. The molecule has 1 N–H and O–H groups in total. The van der Waals surface area contributed by atoms with E-state index < -0.39 is 0 Å². The molecule has 88 valence electrons. The average molecular weight is 229 g/mol. The Morgan fingerprint density at radius 2 is 2.20 bits per heavy atom. The van der Waals surface area contributed by atoms with Crippen LogP contribution in [0.15, 0.2) is 0 Å². The predicted octanol–water partition coefficient (Wildman–Crippen LogP) is 2.43. The van der Waals surface area contributed by atoms with E-state index in [0.717, 1.165) is 17.9 Å². The van der Waals surface area contributed by atoms with Crippen molar-refractivity contribution in [1.82, 2.24) is 5.32 Å². The fourth-order valence-electron chi connectivity index (χ4n) is 2.37. The normalized spacial score (nSPS) is 36.2. The summed E-state index contributed by atoms with van der Waals surface area (Å²) < 4.78 is 5.55. The van der Waals surface area contributed by atoms with Crippen LogP contribution in [0.25, 0.3) is 0 Å². The Labute approximate surface area is 97.5 Å². The fourth-order valence-corrected chi connectivity index (χ4v) is 3.62. The van der Waals surface area contributed by atoms with Gasteiger partial charge in [0.2, 0.25) is 0 Å². The molecule has 1 heterocycles. The minimum absolute atomic E-state index is 0.548. The first-order chi connectivity index (χ1) is 7.38. The third-order valence-electron chi connectivity index (χ3n) is 3.41. The summed E-state index contributed by atoms with van der Waals surface area (Å²) in [6.45, 7) is 4.17. The summed E-state index contributed by atoms with van der Waals surface area (Å²) in [7, 11) is 0. The molecular formula is C12H23NOS. The van der Waals surface area contributed by atoms with Gasteiger partial charge in [0.15, 0.2) is 0 Å². The lowest BCUT2D eigenvalue weighted by Crippen LogP contribution is -2.47. The minimum atomic E-state index is 0.548. The van der Waals surface area contributed by atoms with Gasteiger partial charge in [0, 0.05) is 24.4 Å². The van der Waals surface area contributed by atoms with Crippen molar-refractivity contribution in [2.45, 2.75) is 56.4 Å². The smallest absolute Gasteiger partial charge is 0.0604 e. The third kappa shape index (κ3) is 3.65. The molecule has 0 amide bonds. The van der Waals surface area contributed by atoms with E-state index in [0.29, 0.717) is 6.10 Å². The van der Waals surface area contributed by atoms with E-state index in [1.807, 2.05) is 0 Å². The van der Waals surface area contributed by atoms with Gasteiger partial charge < -0.3 is 10.1 Å². The molecule has 1 saturated carbocycles. The maximum absolute atomic E-state index is 5.55. The zero-order valence-electron chi connectivity index (χ0n) is 9.71. The average Bonchev–Trinajstić information content (AvgIpc) is 2.23. The maximum atomic E-state index is 5.55. The van der Waals surface area contributed by atoms with Gasteiger partial charge in [-0.25, -0.2) is 0 Å². The summed E-state index contributed by atoms with van der Waals surface area (Å²) in [4.78, 5) is 0. The summed E-state index contributed by atoms with van der Waals surface area (Å²) in [6, 6.07) is 0.740. The van der Waals surface area contributed by atoms with Gasteiger partial charge in [0.1, 0.15) is 0 Å². The van der Waals surface area contributed by atoms with Crippen LogP contribution in [0.1, 0.15) is 39.0 Å². The van der Waals surface area contributed by atoms with E-state index in [9.17, 15) is 0 Å². The highest BCUT2D eigenvalue weighted by Crippen LogP contribution is 2.27. The van der Waals surface area contributed by atoms with Crippen molar-refractivity contribution in [3.8, 4) is 0 Å². The van der Waals surface area contributed by atoms with E-state index in [1.54, 1.807) is 0 Å². The SMILES string of the molecule is CCOC1CC(NCC2CCCCS2)C1. The summed E-state index contributed by atoms with van der Waals surface area (Å²) in [5.74, 6) is 1.37. The molecule has 0 aromatic carbocycles. The van der Waals surface area contributed by atoms with Crippen LogP contribution in [0.3, 0.4) is 0 Å². The Morgan fingerprint density at radius 1 is 1.33 bits per heavy atom. The lowest BCUT2D eigenvalue weighted by Gasteiger charge is -2.36. The third-order valence-corrected chi connectivity index (χ3v) is 4.80. The highest BCUT2D eigenvalue weighted by atomic mass is 32.2. The molecule has 1 saturated heterocycles. The molecule has 2 rings (SSSR count). The molecule has 15 heavy (non-hydrogen) atoms. The Bertz CT molecular complexity index is 176. The predicted molar refractivity (Wildman–Crippen MR) is 66.5 cm³/mol. The van der Waals surface area contributed by atoms with E-state index >= 15 is 0 Å². The van der Waals surface area contributed by atoms with Gasteiger partial charge in [-0.05, 0) is 38.4 Å². The number of ether oxygens (including phenoxy) is 1. The van der Waals surface area contributed by atoms with Crippen LogP contribution in [-0.4, -0.2) is 36.3 Å². The van der Waals surface area contributed by atoms with E-state index in [2.05, 4.69) is 24.0 Å². The zero-order chi connectivity index (χ0) is 10.5. The van der Waals surface area contributed by atoms with Gasteiger partial charge in [-0.15, -0.1) is 0 Å². The van der Waals surface area contributed by atoms with Crippen LogP contribution in [0.2, 0.25) is 0 Å². The molecule has 0 spiro atoms. The van der Waals surface area contributed by atoms with Crippen LogP contribution >= 0.6 is 11.8 Å². The van der Waals surface area contributed by atoms with Crippen LogP contribution in [0.5, 0.6) is 0 Å². The number of thioether (sulfide) groups is 1. The molecule has 2 fully saturated rings. The lowest BCUT2D eigenvalue weighted by molar-refractivity contribution is -0.00968. The van der Waals surface area contributed by atoms with E-state index in [-0.39, 0.29) is 0 Å². The van der Waals surface area contributed by atoms with Gasteiger partial charge >= 0.3 is 0 Å². The molecular weight excluding hydrogens is 206 g/mol. The van der Waals surface area contributed by atoms with E-state index in [1.165, 1.54) is 44.4 Å². The van der Waals surface area contributed by atoms with Crippen molar-refractivity contribution >= 4 is 11.8 Å². The van der Waals surface area contributed by atoms with Gasteiger partial charge in [-0.1, -0.05) is 6.42 Å². The summed E-state index contributed by atoms with van der Waals surface area (Å²) >= 11 is 2.16. The van der Waals surface area contributed by atoms with Gasteiger partial charge in [-0.3, -0.25) is 0 Å². The Morgan fingerprint density at radius 3 is 2.87 bits per heavy atom. The molecule has 0 radical (unpaired) electrons. The van der Waals surface area contributed by atoms with Gasteiger partial charge in [-0.2, -0.15) is 11.8 Å². The number of hydrogen-bond acceptors (Lipinski definition) is 3. The van der Waals surface area contributed by atoms with Crippen LogP contribution in [-0.2, 0) is 4.74 Å². The quantitative estimate of drug-likeness (QED) is 0.782. The molecule has 2 aliphatic rings. The van der Waals surface area contributed by atoms with Crippen molar-refractivity contribution < 1.29 is 4.74 Å². The Balaban J connectivity index is 1.52. The molecule has 0 bridgehead atoms. The van der Waals surface area contributed by atoms with Crippen molar-refractivity contribution in [3.63, 3.8) is 0 Å². The van der Waals surface area contributed by atoms with Gasteiger partial charge in [0.05, 0.1) is 6.10 Å². The molecule has 3 heteroatoms. The largest absolute Gasteiger partial charge is 0.378 e. The second-order valence-electron chi connectivity index (χ2n) is 4.64. The van der Waals surface area contributed by atoms with Gasteiger partial charge in [0.25, 0.3) is 0 Å². The van der Waals surface area contributed by atoms with Crippen molar-refractivity contribution in [2.24, 2.45) is 0 Å². The van der Waals surface area contributed by atoms with Crippen molar-refractivity contribution in [2.75, 3.05) is 18.9 Å². The van der Waals surface area contributed by atoms with Crippen LogP contribution < -0.4 is 5.32 Å². The second kappa shape index (κ2) is 6.12. The first-order valence-corrected chi connectivity index (χ1v) is 7.40. The summed E-state index contributed by atoms with van der Waals surface area (Å²) in [5.41, 5.74) is 0. The second-order valence-corrected chi connectivity index (χ2v) is 6.05. The summed E-state index contributed by atoms with van der Waals surface area (Å²) in [5, 5.41) is 4.56.